The first kappa shape index (κ1) is 15.0. The molecule has 0 radical (unpaired) electrons. The van der Waals surface area contributed by atoms with Crippen molar-refractivity contribution in [3.8, 4) is 0 Å². The average molecular weight is 212 g/mol. The fraction of sp³-hybridized carbons (Fsp3) is 1.00. The molecule has 0 spiro atoms. The molecule has 2 atom stereocenters. The monoisotopic (exact) mass is 212 g/mol. The van der Waals surface area contributed by atoms with Gasteiger partial charge in [0.1, 0.15) is 0 Å². The largest absolute Gasteiger partial charge is 0.0683 e. The summed E-state index contributed by atoms with van der Waals surface area (Å²) in [5.74, 6) is 1.87. The lowest BCUT2D eigenvalue weighted by molar-refractivity contribution is 0.0992. The summed E-state index contributed by atoms with van der Waals surface area (Å²) < 4.78 is 0. The van der Waals surface area contributed by atoms with Crippen molar-refractivity contribution < 1.29 is 0 Å². The van der Waals surface area contributed by atoms with Crippen molar-refractivity contribution in [2.24, 2.45) is 22.7 Å². The van der Waals surface area contributed by atoms with Crippen molar-refractivity contribution in [1.29, 1.82) is 0 Å². The molecule has 0 saturated heterocycles. The van der Waals surface area contributed by atoms with Crippen molar-refractivity contribution in [3.63, 3.8) is 0 Å². The Hall–Kier alpha value is 0. The van der Waals surface area contributed by atoms with E-state index in [0.29, 0.717) is 10.8 Å². The Morgan fingerprint density at radius 2 is 0.933 bits per heavy atom. The van der Waals surface area contributed by atoms with Crippen LogP contribution in [0.1, 0.15) is 74.7 Å². The van der Waals surface area contributed by atoms with Gasteiger partial charge in [-0.05, 0) is 35.5 Å². The van der Waals surface area contributed by atoms with Gasteiger partial charge >= 0.3 is 0 Å². The van der Waals surface area contributed by atoms with E-state index in [1.165, 1.54) is 19.3 Å². The molecule has 0 heteroatoms. The molecule has 0 amide bonds. The van der Waals surface area contributed by atoms with Gasteiger partial charge in [0.25, 0.3) is 0 Å². The molecule has 0 aromatic heterocycles. The Morgan fingerprint density at radius 1 is 0.667 bits per heavy atom. The predicted molar refractivity (Wildman–Crippen MR) is 71.1 cm³/mol. The first-order valence-electron chi connectivity index (χ1n) is 6.73. The zero-order chi connectivity index (χ0) is 12.3. The standard InChI is InChI=1S/C13H26.C2H6/c1-12(2,3)10-8-7-9-11(10)13(4,5)6;1-2/h10-11H,7-9H2,1-6H3;1-2H3/t10-,11-;/m1./s1. The fourth-order valence-electron chi connectivity index (χ4n) is 3.03. The van der Waals surface area contributed by atoms with Gasteiger partial charge in [-0.15, -0.1) is 0 Å². The Balaban J connectivity index is 0.000000921. The summed E-state index contributed by atoms with van der Waals surface area (Å²) in [5, 5.41) is 0. The number of hydrogen-bond donors (Lipinski definition) is 0. The predicted octanol–water partition coefficient (Wildman–Crippen LogP) is 5.52. The van der Waals surface area contributed by atoms with Crippen LogP contribution in [0.5, 0.6) is 0 Å². The first-order valence-corrected chi connectivity index (χ1v) is 6.73. The molecular formula is C15H32. The van der Waals surface area contributed by atoms with Crippen LogP contribution < -0.4 is 0 Å². The second-order valence-electron chi connectivity index (χ2n) is 6.88. The summed E-state index contributed by atoms with van der Waals surface area (Å²) in [7, 11) is 0. The molecule has 92 valence electrons. The molecule has 0 heterocycles. The summed E-state index contributed by atoms with van der Waals surface area (Å²) >= 11 is 0. The summed E-state index contributed by atoms with van der Waals surface area (Å²) in [6.07, 6.45) is 4.35. The van der Waals surface area contributed by atoms with Crippen molar-refractivity contribution in [2.45, 2.75) is 74.7 Å². The van der Waals surface area contributed by atoms with Crippen molar-refractivity contribution in [3.05, 3.63) is 0 Å². The highest BCUT2D eigenvalue weighted by Crippen LogP contribution is 2.50. The Kier molecular flexibility index (Phi) is 5.37. The minimum absolute atomic E-state index is 0.508. The SMILES string of the molecule is CC.CC(C)(C)[C@@H]1CCC[C@H]1C(C)(C)C. The van der Waals surface area contributed by atoms with Gasteiger partial charge in [-0.2, -0.15) is 0 Å². The van der Waals surface area contributed by atoms with Crippen molar-refractivity contribution in [1.82, 2.24) is 0 Å². The highest BCUT2D eigenvalue weighted by Gasteiger charge is 2.41. The topological polar surface area (TPSA) is 0 Å². The first-order chi connectivity index (χ1) is 6.73. The van der Waals surface area contributed by atoms with Crippen LogP contribution in [0.25, 0.3) is 0 Å². The van der Waals surface area contributed by atoms with Gasteiger partial charge < -0.3 is 0 Å². The quantitative estimate of drug-likeness (QED) is 0.496. The van der Waals surface area contributed by atoms with Crippen LogP contribution in [0.2, 0.25) is 0 Å². The van der Waals surface area contributed by atoms with E-state index in [9.17, 15) is 0 Å². The molecule has 0 aliphatic heterocycles. The smallest absolute Gasteiger partial charge is 0.0332 e. The molecule has 1 rings (SSSR count). The molecule has 1 fully saturated rings. The number of rotatable bonds is 0. The van der Waals surface area contributed by atoms with Gasteiger partial charge in [0.2, 0.25) is 0 Å². The molecule has 0 aromatic carbocycles. The van der Waals surface area contributed by atoms with E-state index in [1.54, 1.807) is 0 Å². The van der Waals surface area contributed by atoms with Gasteiger partial charge in [-0.1, -0.05) is 61.8 Å². The van der Waals surface area contributed by atoms with Gasteiger partial charge in [-0.25, -0.2) is 0 Å². The van der Waals surface area contributed by atoms with Gasteiger partial charge in [0, 0.05) is 0 Å². The lowest BCUT2D eigenvalue weighted by atomic mass is 9.66. The second-order valence-corrected chi connectivity index (χ2v) is 6.88. The lowest BCUT2D eigenvalue weighted by Crippen LogP contribution is -2.32. The molecule has 15 heavy (non-hydrogen) atoms. The molecular weight excluding hydrogens is 180 g/mol. The van der Waals surface area contributed by atoms with Crippen LogP contribution >= 0.6 is 0 Å². The summed E-state index contributed by atoms with van der Waals surface area (Å²) in [4.78, 5) is 0. The third-order valence-corrected chi connectivity index (χ3v) is 3.74. The third kappa shape index (κ3) is 4.17. The minimum atomic E-state index is 0.508. The Morgan fingerprint density at radius 3 is 1.13 bits per heavy atom. The van der Waals surface area contributed by atoms with E-state index in [4.69, 9.17) is 0 Å². The van der Waals surface area contributed by atoms with Gasteiger partial charge in [-0.3, -0.25) is 0 Å². The highest BCUT2D eigenvalue weighted by atomic mass is 14.5. The maximum Gasteiger partial charge on any atom is -0.0332 e. The Bertz CT molecular complexity index is 145. The molecule has 1 aliphatic carbocycles. The van der Waals surface area contributed by atoms with E-state index in [1.807, 2.05) is 13.8 Å². The highest BCUT2D eigenvalue weighted by molar-refractivity contribution is 4.91. The summed E-state index contributed by atoms with van der Waals surface area (Å²) in [6.45, 7) is 18.4. The van der Waals surface area contributed by atoms with Crippen LogP contribution in [-0.4, -0.2) is 0 Å². The molecule has 0 nitrogen and oxygen atoms in total. The third-order valence-electron chi connectivity index (χ3n) is 3.74. The van der Waals surface area contributed by atoms with Crippen LogP contribution in [-0.2, 0) is 0 Å². The number of hydrogen-bond acceptors (Lipinski definition) is 0. The second kappa shape index (κ2) is 5.37. The minimum Gasteiger partial charge on any atom is -0.0683 e. The van der Waals surface area contributed by atoms with Crippen molar-refractivity contribution >= 4 is 0 Å². The molecule has 0 unspecified atom stereocenters. The van der Waals surface area contributed by atoms with Gasteiger partial charge in [0.15, 0.2) is 0 Å². The van der Waals surface area contributed by atoms with E-state index >= 15 is 0 Å². The van der Waals surface area contributed by atoms with Crippen molar-refractivity contribution in [2.75, 3.05) is 0 Å². The summed E-state index contributed by atoms with van der Waals surface area (Å²) in [5.41, 5.74) is 1.02. The van der Waals surface area contributed by atoms with E-state index in [-0.39, 0.29) is 0 Å². The molecule has 0 aromatic rings. The summed E-state index contributed by atoms with van der Waals surface area (Å²) in [6, 6.07) is 0. The zero-order valence-corrected chi connectivity index (χ0v) is 12.3. The normalized spacial score (nSPS) is 27.2. The van der Waals surface area contributed by atoms with E-state index < -0.39 is 0 Å². The maximum absolute atomic E-state index is 2.40. The Labute approximate surface area is 97.8 Å². The van der Waals surface area contributed by atoms with Crippen LogP contribution in [0.4, 0.5) is 0 Å². The molecule has 0 bridgehead atoms. The lowest BCUT2D eigenvalue weighted by Gasteiger charge is -2.39. The molecule has 1 saturated carbocycles. The molecule has 0 N–H and O–H groups in total. The zero-order valence-electron chi connectivity index (χ0n) is 12.3. The van der Waals surface area contributed by atoms with E-state index in [2.05, 4.69) is 41.5 Å². The molecule has 1 aliphatic rings. The average Bonchev–Trinajstić information content (AvgIpc) is 2.53. The fourth-order valence-corrected chi connectivity index (χ4v) is 3.03. The van der Waals surface area contributed by atoms with Crippen LogP contribution in [0.15, 0.2) is 0 Å². The van der Waals surface area contributed by atoms with E-state index in [0.717, 1.165) is 11.8 Å². The van der Waals surface area contributed by atoms with Gasteiger partial charge in [0.05, 0.1) is 0 Å². The van der Waals surface area contributed by atoms with Crippen LogP contribution in [0, 0.1) is 22.7 Å². The van der Waals surface area contributed by atoms with Crippen LogP contribution in [0.3, 0.4) is 0 Å². The maximum atomic E-state index is 2.40.